The number of hydrogen-bond acceptors (Lipinski definition) is 6. The van der Waals surface area contributed by atoms with Gasteiger partial charge >= 0.3 is 0 Å². The third-order valence-electron chi connectivity index (χ3n) is 5.08. The van der Waals surface area contributed by atoms with Crippen LogP contribution in [0.3, 0.4) is 0 Å². The van der Waals surface area contributed by atoms with Gasteiger partial charge in [-0.05, 0) is 60.5 Å². The van der Waals surface area contributed by atoms with E-state index >= 15 is 0 Å². The highest BCUT2D eigenvalue weighted by Crippen LogP contribution is 2.29. The van der Waals surface area contributed by atoms with Gasteiger partial charge in [0.25, 0.3) is 5.91 Å². The molecular weight excluding hydrogens is 477 g/mol. The van der Waals surface area contributed by atoms with Crippen molar-refractivity contribution in [1.29, 1.82) is 0 Å². The molecule has 1 amide bonds. The van der Waals surface area contributed by atoms with Crippen molar-refractivity contribution in [2.45, 2.75) is 19.6 Å². The van der Waals surface area contributed by atoms with E-state index in [0.717, 1.165) is 22.2 Å². The van der Waals surface area contributed by atoms with E-state index in [9.17, 15) is 4.79 Å². The summed E-state index contributed by atoms with van der Waals surface area (Å²) in [6.45, 7) is 2.03. The summed E-state index contributed by atoms with van der Waals surface area (Å²) in [5.41, 5.74) is 5.63. The standard InChI is InChI=1S/C24H21Cl2N5O3/c1-15(31-21-6-4-3-5-20(21)28-30-31)24(32)29-27-13-16-8-10-22(23(12-16)33-2)34-14-17-7-9-18(25)19(26)11-17/h3-13,15H,14H2,1-2H3,(H,29,32)/b27-13-/t15-/m0/s1. The monoisotopic (exact) mass is 497 g/mol. The summed E-state index contributed by atoms with van der Waals surface area (Å²) in [6, 6.07) is 17.5. The Morgan fingerprint density at radius 1 is 1.12 bits per heavy atom. The van der Waals surface area contributed by atoms with Crippen LogP contribution in [0.25, 0.3) is 11.0 Å². The van der Waals surface area contributed by atoms with E-state index in [0.29, 0.717) is 28.2 Å². The molecule has 4 rings (SSSR count). The van der Waals surface area contributed by atoms with Gasteiger partial charge in [-0.15, -0.1) is 5.10 Å². The average Bonchev–Trinajstić information content (AvgIpc) is 3.28. The minimum Gasteiger partial charge on any atom is -0.493 e. The summed E-state index contributed by atoms with van der Waals surface area (Å²) in [5.74, 6) is 0.764. The fourth-order valence-electron chi connectivity index (χ4n) is 3.22. The first-order valence-corrected chi connectivity index (χ1v) is 11.1. The Kier molecular flexibility index (Phi) is 7.30. The summed E-state index contributed by atoms with van der Waals surface area (Å²) in [5, 5.41) is 13.2. The van der Waals surface area contributed by atoms with Crippen molar-refractivity contribution >= 4 is 46.4 Å². The minimum atomic E-state index is -0.587. The predicted molar refractivity (Wildman–Crippen MR) is 132 cm³/mol. The number of hydrazone groups is 1. The number of ether oxygens (including phenoxy) is 2. The summed E-state index contributed by atoms with van der Waals surface area (Å²) >= 11 is 12.0. The van der Waals surface area contributed by atoms with Gasteiger partial charge < -0.3 is 9.47 Å². The Bertz CT molecular complexity index is 1360. The molecule has 174 valence electrons. The molecule has 0 unspecified atom stereocenters. The van der Waals surface area contributed by atoms with Crippen LogP contribution in [0.1, 0.15) is 24.1 Å². The molecule has 0 bridgehead atoms. The minimum absolute atomic E-state index is 0.297. The van der Waals surface area contributed by atoms with Gasteiger partial charge in [0.1, 0.15) is 18.2 Å². The lowest BCUT2D eigenvalue weighted by molar-refractivity contribution is -0.124. The quantitative estimate of drug-likeness (QED) is 0.272. The van der Waals surface area contributed by atoms with Crippen LogP contribution in [-0.2, 0) is 11.4 Å². The highest BCUT2D eigenvalue weighted by Gasteiger charge is 2.18. The molecule has 8 nitrogen and oxygen atoms in total. The van der Waals surface area contributed by atoms with Crippen LogP contribution in [0.15, 0.2) is 65.8 Å². The van der Waals surface area contributed by atoms with Crippen molar-refractivity contribution in [2.75, 3.05) is 7.11 Å². The molecule has 0 aliphatic rings. The molecule has 0 saturated heterocycles. The number of benzene rings is 3. The molecule has 3 aromatic carbocycles. The number of methoxy groups -OCH3 is 1. The molecule has 34 heavy (non-hydrogen) atoms. The van der Waals surface area contributed by atoms with E-state index in [1.807, 2.05) is 30.3 Å². The Morgan fingerprint density at radius 3 is 2.74 bits per heavy atom. The molecule has 0 aliphatic heterocycles. The van der Waals surface area contributed by atoms with Crippen LogP contribution in [-0.4, -0.2) is 34.2 Å². The molecule has 1 aromatic heterocycles. The van der Waals surface area contributed by atoms with Crippen molar-refractivity contribution < 1.29 is 14.3 Å². The lowest BCUT2D eigenvalue weighted by Gasteiger charge is -2.12. The van der Waals surface area contributed by atoms with Gasteiger partial charge in [0, 0.05) is 0 Å². The molecule has 0 saturated carbocycles. The first kappa shape index (κ1) is 23.5. The normalized spacial score (nSPS) is 12.1. The van der Waals surface area contributed by atoms with Crippen LogP contribution in [0.2, 0.25) is 10.0 Å². The number of hydrogen-bond donors (Lipinski definition) is 1. The van der Waals surface area contributed by atoms with Crippen LogP contribution in [0, 0.1) is 0 Å². The maximum Gasteiger partial charge on any atom is 0.264 e. The molecule has 0 radical (unpaired) electrons. The number of aromatic nitrogens is 3. The Balaban J connectivity index is 1.38. The Hall–Kier alpha value is -3.62. The SMILES string of the molecule is COc1cc(/C=N\NC(=O)[C@H](C)n2nnc3ccccc32)ccc1OCc1ccc(Cl)c(Cl)c1. The number of nitrogens with zero attached hydrogens (tertiary/aromatic N) is 4. The number of halogens is 2. The summed E-state index contributed by atoms with van der Waals surface area (Å²) < 4.78 is 12.8. The summed E-state index contributed by atoms with van der Waals surface area (Å²) in [6.07, 6.45) is 1.52. The van der Waals surface area contributed by atoms with E-state index in [-0.39, 0.29) is 5.91 Å². The van der Waals surface area contributed by atoms with Crippen LogP contribution in [0.5, 0.6) is 11.5 Å². The third kappa shape index (κ3) is 5.30. The molecule has 1 heterocycles. The van der Waals surface area contributed by atoms with E-state index in [4.69, 9.17) is 32.7 Å². The first-order valence-electron chi connectivity index (χ1n) is 10.3. The number of rotatable bonds is 8. The van der Waals surface area contributed by atoms with E-state index in [2.05, 4.69) is 20.8 Å². The second-order valence-electron chi connectivity index (χ2n) is 7.38. The fraction of sp³-hybridized carbons (Fsp3) is 0.167. The van der Waals surface area contributed by atoms with Gasteiger partial charge in [0.2, 0.25) is 0 Å². The molecular formula is C24H21Cl2N5O3. The smallest absolute Gasteiger partial charge is 0.264 e. The van der Waals surface area contributed by atoms with Gasteiger partial charge in [0.05, 0.1) is 28.9 Å². The zero-order valence-corrected chi connectivity index (χ0v) is 19.9. The largest absolute Gasteiger partial charge is 0.493 e. The molecule has 0 spiro atoms. The lowest BCUT2D eigenvalue weighted by atomic mass is 10.2. The Labute approximate surface area is 206 Å². The van der Waals surface area contributed by atoms with Gasteiger partial charge in [0.15, 0.2) is 11.5 Å². The molecule has 4 aromatic rings. The van der Waals surface area contributed by atoms with E-state index < -0.39 is 6.04 Å². The zero-order chi connectivity index (χ0) is 24.1. The number of fused-ring (bicyclic) bond motifs is 1. The van der Waals surface area contributed by atoms with Crippen LogP contribution in [0.4, 0.5) is 0 Å². The topological polar surface area (TPSA) is 90.6 Å². The molecule has 0 fully saturated rings. The first-order chi connectivity index (χ1) is 16.5. The summed E-state index contributed by atoms with van der Waals surface area (Å²) in [7, 11) is 1.55. The van der Waals surface area contributed by atoms with Crippen molar-refractivity contribution in [3.63, 3.8) is 0 Å². The highest BCUT2D eigenvalue weighted by molar-refractivity contribution is 6.42. The number of amides is 1. The van der Waals surface area contributed by atoms with Crippen LogP contribution >= 0.6 is 23.2 Å². The van der Waals surface area contributed by atoms with Gasteiger partial charge in [-0.3, -0.25) is 4.79 Å². The van der Waals surface area contributed by atoms with Crippen molar-refractivity contribution in [1.82, 2.24) is 20.4 Å². The summed E-state index contributed by atoms with van der Waals surface area (Å²) in [4.78, 5) is 12.5. The lowest BCUT2D eigenvalue weighted by Crippen LogP contribution is -2.28. The number of carbonyl (C=O) groups is 1. The van der Waals surface area contributed by atoms with Gasteiger partial charge in [-0.2, -0.15) is 5.10 Å². The average molecular weight is 498 g/mol. The van der Waals surface area contributed by atoms with Crippen molar-refractivity contribution in [2.24, 2.45) is 5.10 Å². The highest BCUT2D eigenvalue weighted by atomic mass is 35.5. The number of carbonyl (C=O) groups excluding carboxylic acids is 1. The predicted octanol–water partition coefficient (Wildman–Crippen LogP) is 5.04. The van der Waals surface area contributed by atoms with Gasteiger partial charge in [-0.25, -0.2) is 10.1 Å². The van der Waals surface area contributed by atoms with Crippen LogP contribution < -0.4 is 14.9 Å². The number of nitrogens with one attached hydrogen (secondary N) is 1. The molecule has 10 heteroatoms. The third-order valence-corrected chi connectivity index (χ3v) is 5.82. The second kappa shape index (κ2) is 10.5. The van der Waals surface area contributed by atoms with E-state index in [1.54, 1.807) is 49.0 Å². The molecule has 0 aliphatic carbocycles. The van der Waals surface area contributed by atoms with E-state index in [1.165, 1.54) is 6.21 Å². The maximum absolute atomic E-state index is 12.5. The van der Waals surface area contributed by atoms with Crippen molar-refractivity contribution in [3.05, 3.63) is 81.8 Å². The second-order valence-corrected chi connectivity index (χ2v) is 8.19. The molecule has 1 atom stereocenters. The fourth-order valence-corrected chi connectivity index (χ4v) is 3.54. The van der Waals surface area contributed by atoms with Crippen molar-refractivity contribution in [3.8, 4) is 11.5 Å². The number of para-hydroxylation sites is 1. The van der Waals surface area contributed by atoms with Gasteiger partial charge in [-0.1, -0.05) is 46.6 Å². The molecule has 1 N–H and O–H groups in total. The zero-order valence-electron chi connectivity index (χ0n) is 18.4. The maximum atomic E-state index is 12.5. The Morgan fingerprint density at radius 2 is 1.94 bits per heavy atom.